The van der Waals surface area contributed by atoms with Crippen LogP contribution in [0.1, 0.15) is 31.7 Å². The zero-order valence-electron chi connectivity index (χ0n) is 12.8. The molecule has 0 atom stereocenters. The van der Waals surface area contributed by atoms with Crippen LogP contribution >= 0.6 is 0 Å². The summed E-state index contributed by atoms with van der Waals surface area (Å²) in [6.45, 7) is 2.96. The molecule has 0 spiro atoms. The number of aromatic nitrogens is 2. The van der Waals surface area contributed by atoms with E-state index >= 15 is 0 Å². The summed E-state index contributed by atoms with van der Waals surface area (Å²) in [5.41, 5.74) is -0.184. The second kappa shape index (κ2) is 7.80. The number of halogens is 3. The Morgan fingerprint density at radius 2 is 1.78 bits per heavy atom. The molecule has 124 valence electrons. The first-order chi connectivity index (χ1) is 11.0. The van der Waals surface area contributed by atoms with Gasteiger partial charge in [-0.15, -0.1) is 0 Å². The van der Waals surface area contributed by atoms with Crippen LogP contribution in [0.3, 0.4) is 0 Å². The number of hydrogen-bond acceptors (Lipinski definition) is 4. The van der Waals surface area contributed by atoms with Gasteiger partial charge in [0.2, 0.25) is 5.95 Å². The van der Waals surface area contributed by atoms with Gasteiger partial charge < -0.3 is 10.6 Å². The van der Waals surface area contributed by atoms with E-state index in [4.69, 9.17) is 0 Å². The highest BCUT2D eigenvalue weighted by molar-refractivity contribution is 5.55. The van der Waals surface area contributed by atoms with Gasteiger partial charge in [0.25, 0.3) is 0 Å². The largest absolute Gasteiger partial charge is 0.416 e. The van der Waals surface area contributed by atoms with E-state index < -0.39 is 11.7 Å². The molecule has 0 saturated heterocycles. The summed E-state index contributed by atoms with van der Waals surface area (Å²) < 4.78 is 37.6. The molecule has 2 N–H and O–H groups in total. The molecule has 0 amide bonds. The van der Waals surface area contributed by atoms with Crippen LogP contribution in [0.15, 0.2) is 36.5 Å². The predicted molar refractivity (Wildman–Crippen MR) is 84.8 cm³/mol. The predicted octanol–water partition coefficient (Wildman–Crippen LogP) is 4.84. The summed E-state index contributed by atoms with van der Waals surface area (Å²) in [5, 5.41) is 6.09. The standard InChI is InChI=1S/C16H19F3N4/c1-2-3-4-10-20-14-9-11-21-15(23-14)22-13-7-5-12(6-8-13)16(17,18)19/h5-9,11H,2-4,10H2,1H3,(H2,20,21,22,23). The lowest BCUT2D eigenvalue weighted by atomic mass is 10.2. The van der Waals surface area contributed by atoms with Gasteiger partial charge >= 0.3 is 6.18 Å². The molecule has 0 aliphatic heterocycles. The molecule has 0 fully saturated rings. The Kier molecular flexibility index (Phi) is 5.78. The minimum atomic E-state index is -4.34. The summed E-state index contributed by atoms with van der Waals surface area (Å²) in [4.78, 5) is 8.35. The molecule has 0 radical (unpaired) electrons. The van der Waals surface area contributed by atoms with Crippen molar-refractivity contribution >= 4 is 17.5 Å². The summed E-state index contributed by atoms with van der Waals surface area (Å²) in [7, 11) is 0. The first-order valence-corrected chi connectivity index (χ1v) is 7.50. The van der Waals surface area contributed by atoms with Crippen LogP contribution in [-0.2, 0) is 6.18 Å². The molecule has 1 aromatic carbocycles. The maximum absolute atomic E-state index is 12.5. The van der Waals surface area contributed by atoms with Crippen LogP contribution in [-0.4, -0.2) is 16.5 Å². The van der Waals surface area contributed by atoms with Crippen LogP contribution in [0, 0.1) is 0 Å². The van der Waals surface area contributed by atoms with Crippen LogP contribution in [0.2, 0.25) is 0 Å². The van der Waals surface area contributed by atoms with Gasteiger partial charge in [-0.2, -0.15) is 18.2 Å². The average molecular weight is 324 g/mol. The smallest absolute Gasteiger partial charge is 0.370 e. The number of unbranched alkanes of at least 4 members (excludes halogenated alkanes) is 2. The Morgan fingerprint density at radius 3 is 2.43 bits per heavy atom. The number of nitrogens with zero attached hydrogens (tertiary/aromatic N) is 2. The quantitative estimate of drug-likeness (QED) is 0.716. The molecule has 2 aromatic rings. The fourth-order valence-corrected chi connectivity index (χ4v) is 1.98. The van der Waals surface area contributed by atoms with E-state index in [2.05, 4.69) is 27.5 Å². The van der Waals surface area contributed by atoms with Crippen LogP contribution in [0.25, 0.3) is 0 Å². The molecule has 0 aliphatic rings. The van der Waals surface area contributed by atoms with Crippen LogP contribution in [0.4, 0.5) is 30.6 Å². The highest BCUT2D eigenvalue weighted by Crippen LogP contribution is 2.30. The number of alkyl halides is 3. The topological polar surface area (TPSA) is 49.8 Å². The Hall–Kier alpha value is -2.31. The van der Waals surface area contributed by atoms with Crippen molar-refractivity contribution in [1.82, 2.24) is 9.97 Å². The van der Waals surface area contributed by atoms with Gasteiger partial charge in [-0.1, -0.05) is 19.8 Å². The van der Waals surface area contributed by atoms with Crippen LogP contribution < -0.4 is 10.6 Å². The lowest BCUT2D eigenvalue weighted by molar-refractivity contribution is -0.137. The maximum atomic E-state index is 12.5. The molecule has 0 saturated carbocycles. The lowest BCUT2D eigenvalue weighted by Crippen LogP contribution is -2.06. The zero-order chi connectivity index (χ0) is 16.7. The van der Waals surface area contributed by atoms with E-state index in [0.29, 0.717) is 17.5 Å². The van der Waals surface area contributed by atoms with E-state index in [1.807, 2.05) is 0 Å². The third kappa shape index (κ3) is 5.43. The Labute approximate surface area is 133 Å². The molecular formula is C16H19F3N4. The Balaban J connectivity index is 1.97. The van der Waals surface area contributed by atoms with Crippen molar-refractivity contribution in [2.24, 2.45) is 0 Å². The van der Waals surface area contributed by atoms with E-state index in [-0.39, 0.29) is 0 Å². The minimum Gasteiger partial charge on any atom is -0.370 e. The molecular weight excluding hydrogens is 305 g/mol. The fourth-order valence-electron chi connectivity index (χ4n) is 1.98. The number of rotatable bonds is 7. The molecule has 1 aromatic heterocycles. The highest BCUT2D eigenvalue weighted by Gasteiger charge is 2.29. The van der Waals surface area contributed by atoms with E-state index in [0.717, 1.165) is 37.9 Å². The molecule has 7 heteroatoms. The molecule has 0 aliphatic carbocycles. The van der Waals surface area contributed by atoms with Crippen molar-refractivity contribution in [2.45, 2.75) is 32.4 Å². The average Bonchev–Trinajstić information content (AvgIpc) is 2.52. The number of nitrogens with one attached hydrogen (secondary N) is 2. The molecule has 23 heavy (non-hydrogen) atoms. The number of hydrogen-bond donors (Lipinski definition) is 2. The summed E-state index contributed by atoms with van der Waals surface area (Å²) in [5.74, 6) is 1.02. The molecule has 0 bridgehead atoms. The molecule has 1 heterocycles. The van der Waals surface area contributed by atoms with Crippen molar-refractivity contribution in [2.75, 3.05) is 17.2 Å². The number of anilines is 3. The minimum absolute atomic E-state index is 0.338. The highest BCUT2D eigenvalue weighted by atomic mass is 19.4. The summed E-state index contributed by atoms with van der Waals surface area (Å²) >= 11 is 0. The van der Waals surface area contributed by atoms with Gasteiger partial charge in [0, 0.05) is 18.4 Å². The third-order valence-electron chi connectivity index (χ3n) is 3.21. The summed E-state index contributed by atoms with van der Waals surface area (Å²) in [6, 6.07) is 6.51. The van der Waals surface area contributed by atoms with Gasteiger partial charge in [0.1, 0.15) is 5.82 Å². The van der Waals surface area contributed by atoms with Gasteiger partial charge in [-0.05, 0) is 36.8 Å². The van der Waals surface area contributed by atoms with Crippen molar-refractivity contribution in [3.05, 3.63) is 42.1 Å². The van der Waals surface area contributed by atoms with Gasteiger partial charge in [-0.3, -0.25) is 0 Å². The van der Waals surface area contributed by atoms with E-state index in [1.165, 1.54) is 12.1 Å². The Bertz CT molecular complexity index is 611. The van der Waals surface area contributed by atoms with E-state index in [1.54, 1.807) is 12.3 Å². The third-order valence-corrected chi connectivity index (χ3v) is 3.21. The van der Waals surface area contributed by atoms with Gasteiger partial charge in [0.15, 0.2) is 0 Å². The fraction of sp³-hybridized carbons (Fsp3) is 0.375. The van der Waals surface area contributed by atoms with Gasteiger partial charge in [0.05, 0.1) is 5.56 Å². The maximum Gasteiger partial charge on any atom is 0.416 e. The van der Waals surface area contributed by atoms with Crippen molar-refractivity contribution in [3.63, 3.8) is 0 Å². The first kappa shape index (κ1) is 17.1. The molecule has 2 rings (SSSR count). The lowest BCUT2D eigenvalue weighted by Gasteiger charge is -2.10. The zero-order valence-corrected chi connectivity index (χ0v) is 12.8. The molecule has 0 unspecified atom stereocenters. The van der Waals surface area contributed by atoms with Crippen LogP contribution in [0.5, 0.6) is 0 Å². The number of benzene rings is 1. The monoisotopic (exact) mass is 324 g/mol. The summed E-state index contributed by atoms with van der Waals surface area (Å²) in [6.07, 6.45) is 0.613. The van der Waals surface area contributed by atoms with Gasteiger partial charge in [-0.25, -0.2) is 4.98 Å². The molecule has 4 nitrogen and oxygen atoms in total. The second-order valence-electron chi connectivity index (χ2n) is 5.10. The SMILES string of the molecule is CCCCCNc1ccnc(Nc2ccc(C(F)(F)F)cc2)n1. The van der Waals surface area contributed by atoms with Crippen molar-refractivity contribution < 1.29 is 13.2 Å². The second-order valence-corrected chi connectivity index (χ2v) is 5.10. The first-order valence-electron chi connectivity index (χ1n) is 7.50. The normalized spacial score (nSPS) is 11.3. The van der Waals surface area contributed by atoms with Crippen molar-refractivity contribution in [3.8, 4) is 0 Å². The van der Waals surface area contributed by atoms with E-state index in [9.17, 15) is 13.2 Å². The Morgan fingerprint density at radius 1 is 1.04 bits per heavy atom. The van der Waals surface area contributed by atoms with Crippen molar-refractivity contribution in [1.29, 1.82) is 0 Å².